The largest absolute Gasteiger partial charge is 0.308 e. The summed E-state index contributed by atoms with van der Waals surface area (Å²) in [7, 11) is 0. The lowest BCUT2D eigenvalue weighted by Gasteiger charge is -2.33. The molecule has 0 saturated carbocycles. The van der Waals surface area contributed by atoms with Crippen LogP contribution in [0.3, 0.4) is 0 Å². The van der Waals surface area contributed by atoms with Crippen LogP contribution in [0.25, 0.3) is 88.4 Å². The predicted octanol–water partition coefficient (Wildman–Crippen LogP) is 16.7. The SMILES string of the molecule is N#Cc1c(-c2ccccc2)c(-n2c3ccccc3c3ccccc32)c(-c2cccc(N3c4ccccc4Sc4ccccc43)c2)c(-n2c3ccccc3c3ccccc32)c1-c1ccccc1. The molecular weight excluding hydrogens is 821 g/mol. The van der Waals surface area contributed by atoms with Crippen molar-refractivity contribution in [2.24, 2.45) is 0 Å². The first-order valence-corrected chi connectivity index (χ1v) is 23.1. The van der Waals surface area contributed by atoms with Crippen LogP contribution in [0.15, 0.2) is 240 Å². The van der Waals surface area contributed by atoms with Crippen molar-refractivity contribution in [3.63, 3.8) is 0 Å². The Bertz CT molecular complexity index is 3600. The first kappa shape index (κ1) is 37.9. The molecule has 0 saturated heterocycles. The first-order valence-electron chi connectivity index (χ1n) is 22.3. The van der Waals surface area contributed by atoms with Crippen molar-refractivity contribution in [1.82, 2.24) is 9.13 Å². The van der Waals surface area contributed by atoms with E-state index in [2.05, 4.69) is 251 Å². The van der Waals surface area contributed by atoms with Crippen LogP contribution in [0.1, 0.15) is 5.56 Å². The van der Waals surface area contributed by atoms with E-state index in [0.29, 0.717) is 5.56 Å². The van der Waals surface area contributed by atoms with Crippen molar-refractivity contribution in [3.8, 4) is 50.8 Å². The summed E-state index contributed by atoms with van der Waals surface area (Å²) in [5.41, 5.74) is 15.8. The van der Waals surface area contributed by atoms with E-state index in [1.807, 2.05) is 11.8 Å². The Morgan fingerprint density at radius 3 is 1.17 bits per heavy atom. The van der Waals surface area contributed by atoms with Gasteiger partial charge in [-0.15, -0.1) is 0 Å². The van der Waals surface area contributed by atoms with Gasteiger partial charge < -0.3 is 14.0 Å². The lowest BCUT2D eigenvalue weighted by molar-refractivity contribution is 1.13. The van der Waals surface area contributed by atoms with Crippen LogP contribution in [0.4, 0.5) is 17.1 Å². The van der Waals surface area contributed by atoms with Gasteiger partial charge in [0.25, 0.3) is 0 Å². The Kier molecular flexibility index (Phi) is 8.80. The molecule has 0 N–H and O–H groups in total. The molecule has 1 aliphatic heterocycles. The topological polar surface area (TPSA) is 36.9 Å². The molecule has 2 aromatic heterocycles. The fourth-order valence-corrected chi connectivity index (χ4v) is 11.5. The molecule has 308 valence electrons. The molecule has 5 heteroatoms. The van der Waals surface area contributed by atoms with Gasteiger partial charge in [0.15, 0.2) is 0 Å². The molecule has 12 aromatic rings. The quantitative estimate of drug-likeness (QED) is 0.167. The van der Waals surface area contributed by atoms with E-state index in [9.17, 15) is 5.26 Å². The van der Waals surface area contributed by atoms with Gasteiger partial charge in [-0.05, 0) is 77.4 Å². The molecule has 0 bridgehead atoms. The van der Waals surface area contributed by atoms with Gasteiger partial charge in [-0.1, -0.05) is 182 Å². The van der Waals surface area contributed by atoms with Gasteiger partial charge in [0.05, 0.1) is 50.4 Å². The fraction of sp³-hybridized carbons (Fsp3) is 0. The van der Waals surface area contributed by atoms with Gasteiger partial charge in [0, 0.05) is 53.7 Å². The average Bonchev–Trinajstić information content (AvgIpc) is 3.90. The first-order chi connectivity index (χ1) is 32.8. The number of para-hydroxylation sites is 6. The highest BCUT2D eigenvalue weighted by Gasteiger charge is 2.33. The second kappa shape index (κ2) is 15.3. The van der Waals surface area contributed by atoms with E-state index in [1.54, 1.807) is 0 Å². The average molecular weight is 859 g/mol. The van der Waals surface area contributed by atoms with Crippen molar-refractivity contribution in [2.45, 2.75) is 9.79 Å². The summed E-state index contributed by atoms with van der Waals surface area (Å²) in [5.74, 6) is 0. The number of anilines is 3. The Balaban J connectivity index is 1.29. The second-order valence-electron chi connectivity index (χ2n) is 16.7. The number of nitrogens with zero attached hydrogens (tertiary/aromatic N) is 4. The molecule has 0 amide bonds. The summed E-state index contributed by atoms with van der Waals surface area (Å²) >= 11 is 1.81. The Labute approximate surface area is 386 Å². The molecule has 0 atom stereocenters. The number of nitriles is 1. The van der Waals surface area contributed by atoms with E-state index in [-0.39, 0.29) is 0 Å². The minimum Gasteiger partial charge on any atom is -0.308 e. The van der Waals surface area contributed by atoms with Crippen LogP contribution in [-0.2, 0) is 0 Å². The fourth-order valence-electron chi connectivity index (χ4n) is 10.4. The van der Waals surface area contributed by atoms with Crippen molar-refractivity contribution >= 4 is 72.4 Å². The zero-order valence-electron chi connectivity index (χ0n) is 35.6. The minimum absolute atomic E-state index is 0.608. The van der Waals surface area contributed by atoms with Gasteiger partial charge in [0.2, 0.25) is 0 Å². The minimum atomic E-state index is 0.608. The zero-order chi connectivity index (χ0) is 43.7. The molecule has 0 spiro atoms. The smallest absolute Gasteiger partial charge is 0.101 e. The lowest BCUT2D eigenvalue weighted by atomic mass is 9.83. The number of benzene rings is 10. The standard InChI is InChI=1S/C61H38N4S/c62-39-48-57(40-20-3-1-4-21-40)60(64-49-30-11-7-26-44(49)45-27-8-12-31-50(45)64)59(42-24-19-25-43(38-42)63-53-34-15-17-36-55(53)66-56-37-18-16-35-54(56)63)61(58(48)41-22-5-2-6-23-41)65-51-32-13-9-28-46(51)47-29-10-14-33-52(47)65/h1-38H. The molecule has 0 fully saturated rings. The highest BCUT2D eigenvalue weighted by Crippen LogP contribution is 2.55. The Hall–Kier alpha value is -8.56. The molecule has 3 heterocycles. The van der Waals surface area contributed by atoms with Gasteiger partial charge >= 0.3 is 0 Å². The molecule has 66 heavy (non-hydrogen) atoms. The summed E-state index contributed by atoms with van der Waals surface area (Å²) < 4.78 is 4.87. The third kappa shape index (κ3) is 5.72. The van der Waals surface area contributed by atoms with Crippen molar-refractivity contribution in [2.75, 3.05) is 4.90 Å². The highest BCUT2D eigenvalue weighted by molar-refractivity contribution is 7.99. The van der Waals surface area contributed by atoms with Gasteiger partial charge in [-0.2, -0.15) is 5.26 Å². The van der Waals surface area contributed by atoms with Crippen molar-refractivity contribution in [3.05, 3.63) is 236 Å². The molecular formula is C61H38N4S. The monoisotopic (exact) mass is 858 g/mol. The molecule has 0 unspecified atom stereocenters. The van der Waals surface area contributed by atoms with Crippen LogP contribution < -0.4 is 4.90 Å². The molecule has 4 nitrogen and oxygen atoms in total. The van der Waals surface area contributed by atoms with E-state index >= 15 is 0 Å². The lowest BCUT2D eigenvalue weighted by Crippen LogP contribution is -2.15. The summed E-state index contributed by atoms with van der Waals surface area (Å²) in [6.45, 7) is 0. The Morgan fingerprint density at radius 1 is 0.348 bits per heavy atom. The maximum Gasteiger partial charge on any atom is 0.101 e. The van der Waals surface area contributed by atoms with Crippen LogP contribution in [0.5, 0.6) is 0 Å². The van der Waals surface area contributed by atoms with Crippen molar-refractivity contribution < 1.29 is 0 Å². The summed E-state index contributed by atoms with van der Waals surface area (Å²) in [5, 5.41) is 16.6. The number of fused-ring (bicyclic) bond motifs is 8. The summed E-state index contributed by atoms with van der Waals surface area (Å²) in [4.78, 5) is 4.81. The number of rotatable bonds is 6. The van der Waals surface area contributed by atoms with Gasteiger partial charge in [0.1, 0.15) is 6.07 Å². The van der Waals surface area contributed by atoms with Crippen LogP contribution in [-0.4, -0.2) is 9.13 Å². The van der Waals surface area contributed by atoms with Crippen LogP contribution in [0, 0.1) is 11.3 Å². The predicted molar refractivity (Wildman–Crippen MR) is 275 cm³/mol. The summed E-state index contributed by atoms with van der Waals surface area (Å²) in [6, 6.07) is 85.1. The molecule has 13 rings (SSSR count). The third-order valence-corrected chi connectivity index (χ3v) is 14.2. The van der Waals surface area contributed by atoms with Crippen LogP contribution in [0.2, 0.25) is 0 Å². The normalized spacial score (nSPS) is 12.1. The molecule has 1 aliphatic rings. The van der Waals surface area contributed by atoms with E-state index in [0.717, 1.165) is 105 Å². The Morgan fingerprint density at radius 2 is 0.727 bits per heavy atom. The number of aromatic nitrogens is 2. The second-order valence-corrected chi connectivity index (χ2v) is 17.8. The number of hydrogen-bond donors (Lipinski definition) is 0. The van der Waals surface area contributed by atoms with Gasteiger partial charge in [-0.25, -0.2) is 0 Å². The number of hydrogen-bond acceptors (Lipinski definition) is 3. The summed E-state index contributed by atoms with van der Waals surface area (Å²) in [6.07, 6.45) is 0. The van der Waals surface area contributed by atoms with E-state index in [1.165, 1.54) is 9.79 Å². The van der Waals surface area contributed by atoms with Gasteiger partial charge in [-0.3, -0.25) is 0 Å². The third-order valence-electron chi connectivity index (χ3n) is 13.1. The highest BCUT2D eigenvalue weighted by atomic mass is 32.2. The van der Waals surface area contributed by atoms with Crippen molar-refractivity contribution in [1.29, 1.82) is 5.26 Å². The maximum atomic E-state index is 12.0. The van der Waals surface area contributed by atoms with Crippen LogP contribution >= 0.6 is 11.8 Å². The van der Waals surface area contributed by atoms with E-state index in [4.69, 9.17) is 0 Å². The molecule has 0 aliphatic carbocycles. The maximum absolute atomic E-state index is 12.0. The molecule has 10 aromatic carbocycles. The zero-order valence-corrected chi connectivity index (χ0v) is 36.5. The van der Waals surface area contributed by atoms with E-state index < -0.39 is 0 Å². The molecule has 0 radical (unpaired) electrons.